The summed E-state index contributed by atoms with van der Waals surface area (Å²) in [5.41, 5.74) is 2.41. The third-order valence-corrected chi connectivity index (χ3v) is 11.7. The van der Waals surface area contributed by atoms with Gasteiger partial charge in [-0.2, -0.15) is 0 Å². The average Bonchev–Trinajstić information content (AvgIpc) is 2.95. The molecule has 6 rings (SSSR count). The monoisotopic (exact) mass is 647 g/mol. The summed E-state index contributed by atoms with van der Waals surface area (Å²) in [4.78, 5) is 28.6. The van der Waals surface area contributed by atoms with E-state index in [9.17, 15) is 18.0 Å². The van der Waals surface area contributed by atoms with Crippen LogP contribution in [0.1, 0.15) is 76.3 Å². The second-order valence-corrected chi connectivity index (χ2v) is 15.7. The van der Waals surface area contributed by atoms with Gasteiger partial charge in [0.15, 0.2) is 0 Å². The van der Waals surface area contributed by atoms with E-state index in [2.05, 4.69) is 17.4 Å². The first-order valence-electron chi connectivity index (χ1n) is 15.5. The Kier molecular flexibility index (Phi) is 9.69. The summed E-state index contributed by atoms with van der Waals surface area (Å²) in [6, 6.07) is 12.1. The second-order valence-electron chi connectivity index (χ2n) is 13.0. The summed E-state index contributed by atoms with van der Waals surface area (Å²) in [5.74, 6) is 1.59. The van der Waals surface area contributed by atoms with E-state index in [4.69, 9.17) is 23.2 Å². The number of rotatable bonds is 12. The molecule has 1 atom stereocenters. The van der Waals surface area contributed by atoms with Gasteiger partial charge < -0.3 is 10.2 Å². The number of carbonyl (C=O) groups excluding carboxylic acids is 2. The molecule has 4 aliphatic carbocycles. The first-order chi connectivity index (χ1) is 20.4. The molecule has 10 heteroatoms. The molecule has 234 valence electrons. The van der Waals surface area contributed by atoms with Crippen molar-refractivity contribution < 1.29 is 18.0 Å². The fraction of sp³-hybridized carbons (Fsp3) is 0.576. The van der Waals surface area contributed by atoms with E-state index in [0.717, 1.165) is 34.7 Å². The van der Waals surface area contributed by atoms with E-state index < -0.39 is 28.5 Å². The van der Waals surface area contributed by atoms with Crippen molar-refractivity contribution in [3.63, 3.8) is 0 Å². The minimum absolute atomic E-state index is 0.0298. The average molecular weight is 649 g/mol. The zero-order chi connectivity index (χ0) is 30.9. The minimum atomic E-state index is -3.83. The Labute approximate surface area is 266 Å². The minimum Gasteiger partial charge on any atom is -0.354 e. The Morgan fingerprint density at radius 2 is 1.51 bits per heavy atom. The van der Waals surface area contributed by atoms with Gasteiger partial charge in [0.2, 0.25) is 21.8 Å². The maximum atomic E-state index is 14.0. The van der Waals surface area contributed by atoms with Crippen molar-refractivity contribution in [3.8, 4) is 0 Å². The van der Waals surface area contributed by atoms with Crippen molar-refractivity contribution in [3.05, 3.63) is 63.6 Å². The molecule has 2 aromatic carbocycles. The summed E-state index contributed by atoms with van der Waals surface area (Å²) < 4.78 is 27.4. The van der Waals surface area contributed by atoms with Gasteiger partial charge in [-0.15, -0.1) is 0 Å². The van der Waals surface area contributed by atoms with Crippen LogP contribution in [0.2, 0.25) is 10.0 Å². The number of sulfonamides is 1. The van der Waals surface area contributed by atoms with Crippen LogP contribution in [-0.4, -0.2) is 50.5 Å². The Bertz CT molecular complexity index is 1390. The number of halogens is 2. The van der Waals surface area contributed by atoms with Crippen LogP contribution < -0.4 is 9.62 Å². The zero-order valence-corrected chi connectivity index (χ0v) is 27.6. The molecule has 0 spiro atoms. The van der Waals surface area contributed by atoms with Crippen molar-refractivity contribution >= 4 is 50.7 Å². The fourth-order valence-corrected chi connectivity index (χ4v) is 9.56. The van der Waals surface area contributed by atoms with Gasteiger partial charge in [-0.25, -0.2) is 8.42 Å². The molecule has 2 amide bonds. The standard InChI is InChI=1S/C33H43Cl2N3O4S/c1-4-13-36-32(40)30(5-2)37(20-27-28(34)7-6-8-29(27)35)31(39)21-38(43(3,41)42)26-11-9-25(10-12-26)33-17-22-14-23(18-33)16-24(15-22)19-33/h6-12,22-24,30H,4-5,13-21H2,1-3H3,(H,36,40)/t22?,23?,24?,30-,33?/m1/s1. The molecule has 4 aliphatic rings. The van der Waals surface area contributed by atoms with Gasteiger partial charge >= 0.3 is 0 Å². The topological polar surface area (TPSA) is 86.8 Å². The van der Waals surface area contributed by atoms with Crippen molar-refractivity contribution in [2.45, 2.75) is 83.2 Å². The van der Waals surface area contributed by atoms with Gasteiger partial charge in [0.1, 0.15) is 12.6 Å². The number of benzene rings is 2. The normalized spacial score (nSPS) is 24.9. The summed E-state index contributed by atoms with van der Waals surface area (Å²) in [7, 11) is -3.83. The van der Waals surface area contributed by atoms with Gasteiger partial charge in [-0.1, -0.05) is 55.2 Å². The molecule has 0 aromatic heterocycles. The number of nitrogens with zero attached hydrogens (tertiary/aromatic N) is 2. The van der Waals surface area contributed by atoms with Crippen LogP contribution >= 0.6 is 23.2 Å². The molecule has 0 heterocycles. The molecule has 0 aliphatic heterocycles. The van der Waals surface area contributed by atoms with Crippen molar-refractivity contribution in [2.75, 3.05) is 23.7 Å². The highest BCUT2D eigenvalue weighted by molar-refractivity contribution is 7.92. The highest BCUT2D eigenvalue weighted by atomic mass is 35.5. The first-order valence-corrected chi connectivity index (χ1v) is 18.1. The highest BCUT2D eigenvalue weighted by Gasteiger charge is 2.51. The first kappa shape index (κ1) is 32.1. The number of carbonyl (C=O) groups is 2. The third-order valence-electron chi connectivity index (χ3n) is 9.81. The molecule has 4 fully saturated rings. The highest BCUT2D eigenvalue weighted by Crippen LogP contribution is 2.60. The van der Waals surface area contributed by atoms with E-state index in [0.29, 0.717) is 34.3 Å². The third kappa shape index (κ3) is 6.86. The molecule has 4 bridgehead atoms. The van der Waals surface area contributed by atoms with Crippen LogP contribution in [0.5, 0.6) is 0 Å². The molecule has 2 aromatic rings. The SMILES string of the molecule is CCCNC(=O)[C@@H](CC)N(Cc1c(Cl)cccc1Cl)C(=O)CN(c1ccc(C23CC4CC(CC(C4)C2)C3)cc1)S(C)(=O)=O. The number of amides is 2. The Morgan fingerprint density at radius 3 is 2.00 bits per heavy atom. The van der Waals surface area contributed by atoms with Gasteiger partial charge in [0.05, 0.1) is 11.9 Å². The molecule has 0 unspecified atom stereocenters. The molecule has 4 saturated carbocycles. The largest absolute Gasteiger partial charge is 0.354 e. The zero-order valence-electron chi connectivity index (χ0n) is 25.3. The second kappa shape index (κ2) is 13.0. The quantitative estimate of drug-likeness (QED) is 0.283. The lowest BCUT2D eigenvalue weighted by Crippen LogP contribution is -2.52. The Hall–Kier alpha value is -2.29. The molecule has 43 heavy (non-hydrogen) atoms. The molecule has 1 N–H and O–H groups in total. The van der Waals surface area contributed by atoms with Crippen LogP contribution in [-0.2, 0) is 31.6 Å². The van der Waals surface area contributed by atoms with Gasteiger partial charge in [0.25, 0.3) is 0 Å². The van der Waals surface area contributed by atoms with Crippen molar-refractivity contribution in [2.24, 2.45) is 17.8 Å². The van der Waals surface area contributed by atoms with E-state index >= 15 is 0 Å². The Balaban J connectivity index is 1.42. The predicted molar refractivity (Wildman–Crippen MR) is 173 cm³/mol. The van der Waals surface area contributed by atoms with E-state index in [1.165, 1.54) is 49.0 Å². The lowest BCUT2D eigenvalue weighted by Gasteiger charge is -2.57. The molecular formula is C33H43Cl2N3O4S. The van der Waals surface area contributed by atoms with Crippen LogP contribution in [0, 0.1) is 17.8 Å². The molecule has 0 radical (unpaired) electrons. The smallest absolute Gasteiger partial charge is 0.244 e. The summed E-state index contributed by atoms with van der Waals surface area (Å²) >= 11 is 12.9. The fourth-order valence-electron chi connectivity index (χ4n) is 8.20. The van der Waals surface area contributed by atoms with E-state index in [1.54, 1.807) is 18.2 Å². The molecule has 0 saturated heterocycles. The molecular weight excluding hydrogens is 605 g/mol. The van der Waals surface area contributed by atoms with Gasteiger partial charge in [-0.3, -0.25) is 13.9 Å². The maximum Gasteiger partial charge on any atom is 0.244 e. The van der Waals surface area contributed by atoms with Crippen molar-refractivity contribution in [1.29, 1.82) is 0 Å². The van der Waals surface area contributed by atoms with Crippen molar-refractivity contribution in [1.82, 2.24) is 10.2 Å². The number of nitrogens with one attached hydrogen (secondary N) is 1. The van der Waals surface area contributed by atoms with Crippen LogP contribution in [0.3, 0.4) is 0 Å². The summed E-state index contributed by atoms with van der Waals surface area (Å²) in [6.45, 7) is 3.76. The molecule has 7 nitrogen and oxygen atoms in total. The number of hydrogen-bond acceptors (Lipinski definition) is 4. The van der Waals surface area contributed by atoms with Gasteiger partial charge in [-0.05, 0) is 104 Å². The van der Waals surface area contributed by atoms with E-state index in [-0.39, 0.29) is 17.9 Å². The number of hydrogen-bond donors (Lipinski definition) is 1. The van der Waals surface area contributed by atoms with Crippen LogP contribution in [0.25, 0.3) is 0 Å². The number of anilines is 1. The lowest BCUT2D eigenvalue weighted by atomic mass is 9.48. The van der Waals surface area contributed by atoms with Crippen LogP contribution in [0.15, 0.2) is 42.5 Å². The van der Waals surface area contributed by atoms with Crippen LogP contribution in [0.4, 0.5) is 5.69 Å². The van der Waals surface area contributed by atoms with E-state index in [1.807, 2.05) is 26.0 Å². The Morgan fingerprint density at radius 1 is 0.953 bits per heavy atom. The lowest BCUT2D eigenvalue weighted by molar-refractivity contribution is -0.140. The summed E-state index contributed by atoms with van der Waals surface area (Å²) in [5, 5.41) is 3.62. The van der Waals surface area contributed by atoms with Gasteiger partial charge in [0, 0.05) is 28.7 Å². The maximum absolute atomic E-state index is 14.0. The summed E-state index contributed by atoms with van der Waals surface area (Å²) in [6.07, 6.45) is 9.88. The predicted octanol–water partition coefficient (Wildman–Crippen LogP) is 6.56.